The van der Waals surface area contributed by atoms with Crippen LogP contribution in [0.4, 0.5) is 0 Å². The Morgan fingerprint density at radius 2 is 1.52 bits per heavy atom. The molecule has 0 aliphatic rings. The lowest BCUT2D eigenvalue weighted by molar-refractivity contribution is -0.127. The van der Waals surface area contributed by atoms with Crippen LogP contribution in [0.2, 0.25) is 0 Å². The topological polar surface area (TPSA) is 78.5 Å². The van der Waals surface area contributed by atoms with Gasteiger partial charge in [-0.15, -0.1) is 0 Å². The summed E-state index contributed by atoms with van der Waals surface area (Å²) in [5.74, 6) is -0.588. The molecule has 0 radical (unpaired) electrons. The molecule has 0 heterocycles. The molecule has 0 atom stereocenters. The zero-order valence-corrected chi connectivity index (χ0v) is 13.3. The Labute approximate surface area is 127 Å². The zero-order chi connectivity index (χ0) is 16.7. The van der Waals surface area contributed by atoms with Crippen LogP contribution in [-0.2, 0) is 14.4 Å². The summed E-state index contributed by atoms with van der Waals surface area (Å²) in [5, 5.41) is 5.26. The molecule has 21 heavy (non-hydrogen) atoms. The van der Waals surface area contributed by atoms with Gasteiger partial charge in [0, 0.05) is 32.6 Å². The van der Waals surface area contributed by atoms with Gasteiger partial charge in [-0.25, -0.2) is 0 Å². The number of amides is 3. The van der Waals surface area contributed by atoms with Crippen molar-refractivity contribution in [1.82, 2.24) is 15.5 Å². The highest BCUT2D eigenvalue weighted by molar-refractivity contribution is 5.88. The first kappa shape index (κ1) is 21.2. The summed E-state index contributed by atoms with van der Waals surface area (Å²) in [6, 6.07) is 0. The van der Waals surface area contributed by atoms with Gasteiger partial charge in [-0.3, -0.25) is 14.4 Å². The first-order valence-corrected chi connectivity index (χ1v) is 7.13. The SMILES string of the molecule is C=CC(=O)NCCN(CCNC(=O)CC)C(=O)C=C.CC. The van der Waals surface area contributed by atoms with Crippen LogP contribution in [0.3, 0.4) is 0 Å². The van der Waals surface area contributed by atoms with Crippen LogP contribution in [0, 0.1) is 0 Å². The monoisotopic (exact) mass is 297 g/mol. The highest BCUT2D eigenvalue weighted by Gasteiger charge is 2.10. The number of carbonyl (C=O) groups excluding carboxylic acids is 3. The summed E-state index contributed by atoms with van der Waals surface area (Å²) in [7, 11) is 0. The standard InChI is InChI=1S/C13H21N3O3.C2H6/c1-4-11(17)14-7-9-16(13(19)6-3)10-8-15-12(18)5-2;1-2/h4,6H,1,3,5,7-10H2,2H3,(H,14,17)(H,15,18);1-2H3. The summed E-state index contributed by atoms with van der Waals surface area (Å²) in [6.07, 6.45) is 2.78. The first-order chi connectivity index (χ1) is 10.0. The van der Waals surface area contributed by atoms with E-state index in [1.54, 1.807) is 6.92 Å². The lowest BCUT2D eigenvalue weighted by Gasteiger charge is -2.21. The van der Waals surface area contributed by atoms with Gasteiger partial charge in [0.1, 0.15) is 0 Å². The third-order valence-corrected chi connectivity index (χ3v) is 2.38. The molecule has 0 saturated carbocycles. The number of rotatable bonds is 9. The molecule has 0 saturated heterocycles. The van der Waals surface area contributed by atoms with Gasteiger partial charge in [-0.2, -0.15) is 0 Å². The smallest absolute Gasteiger partial charge is 0.246 e. The maximum absolute atomic E-state index is 11.6. The van der Waals surface area contributed by atoms with Gasteiger partial charge in [-0.1, -0.05) is 33.9 Å². The first-order valence-electron chi connectivity index (χ1n) is 7.13. The van der Waals surface area contributed by atoms with Gasteiger partial charge < -0.3 is 15.5 Å². The average Bonchev–Trinajstić information content (AvgIpc) is 2.53. The highest BCUT2D eigenvalue weighted by atomic mass is 16.2. The van der Waals surface area contributed by atoms with Crippen LogP contribution in [0.25, 0.3) is 0 Å². The van der Waals surface area contributed by atoms with E-state index in [0.717, 1.165) is 0 Å². The molecule has 0 aromatic heterocycles. The second kappa shape index (κ2) is 14.3. The largest absolute Gasteiger partial charge is 0.354 e. The van der Waals surface area contributed by atoms with Crippen LogP contribution in [-0.4, -0.2) is 48.8 Å². The predicted molar refractivity (Wildman–Crippen MR) is 84.6 cm³/mol. The lowest BCUT2D eigenvalue weighted by atomic mass is 10.4. The van der Waals surface area contributed by atoms with Crippen molar-refractivity contribution in [1.29, 1.82) is 0 Å². The maximum atomic E-state index is 11.6. The normalized spacial score (nSPS) is 8.71. The minimum absolute atomic E-state index is 0.0639. The molecule has 0 bridgehead atoms. The number of hydrogen-bond acceptors (Lipinski definition) is 3. The second-order valence-corrected chi connectivity index (χ2v) is 3.73. The summed E-state index contributed by atoms with van der Waals surface area (Å²) in [6.45, 7) is 13.9. The van der Waals surface area contributed by atoms with E-state index >= 15 is 0 Å². The molecule has 6 nitrogen and oxygen atoms in total. The third kappa shape index (κ3) is 11.4. The summed E-state index contributed by atoms with van der Waals surface area (Å²) in [5.41, 5.74) is 0. The molecule has 0 spiro atoms. The van der Waals surface area contributed by atoms with Crippen LogP contribution in [0.1, 0.15) is 27.2 Å². The van der Waals surface area contributed by atoms with Gasteiger partial charge in [0.25, 0.3) is 0 Å². The molecular weight excluding hydrogens is 270 g/mol. The van der Waals surface area contributed by atoms with Crippen LogP contribution >= 0.6 is 0 Å². The molecule has 0 unspecified atom stereocenters. The zero-order valence-electron chi connectivity index (χ0n) is 13.3. The fourth-order valence-electron chi connectivity index (χ4n) is 1.30. The van der Waals surface area contributed by atoms with Gasteiger partial charge in [0.2, 0.25) is 17.7 Å². The van der Waals surface area contributed by atoms with Gasteiger partial charge in [-0.05, 0) is 12.2 Å². The molecule has 6 heteroatoms. The number of nitrogens with one attached hydrogen (secondary N) is 2. The third-order valence-electron chi connectivity index (χ3n) is 2.38. The summed E-state index contributed by atoms with van der Waals surface area (Å²) < 4.78 is 0. The van der Waals surface area contributed by atoms with E-state index in [-0.39, 0.29) is 17.7 Å². The van der Waals surface area contributed by atoms with E-state index in [1.807, 2.05) is 13.8 Å². The molecule has 0 aliphatic carbocycles. The minimum Gasteiger partial charge on any atom is -0.354 e. The number of hydrogen-bond donors (Lipinski definition) is 2. The Morgan fingerprint density at radius 3 is 1.95 bits per heavy atom. The van der Waals surface area contributed by atoms with E-state index in [2.05, 4.69) is 23.8 Å². The van der Waals surface area contributed by atoms with E-state index in [1.165, 1.54) is 17.1 Å². The summed E-state index contributed by atoms with van der Waals surface area (Å²) >= 11 is 0. The molecule has 0 aromatic rings. The van der Waals surface area contributed by atoms with E-state index in [0.29, 0.717) is 32.6 Å². The van der Waals surface area contributed by atoms with Crippen LogP contribution in [0.5, 0.6) is 0 Å². The van der Waals surface area contributed by atoms with Crippen LogP contribution in [0.15, 0.2) is 25.3 Å². The Hall–Kier alpha value is -2.11. The van der Waals surface area contributed by atoms with Gasteiger partial charge >= 0.3 is 0 Å². The van der Waals surface area contributed by atoms with Crippen molar-refractivity contribution in [2.75, 3.05) is 26.2 Å². The molecule has 2 N–H and O–H groups in total. The van der Waals surface area contributed by atoms with E-state index in [9.17, 15) is 14.4 Å². The quantitative estimate of drug-likeness (QED) is 0.619. The average molecular weight is 297 g/mol. The van der Waals surface area contributed by atoms with Gasteiger partial charge in [0.05, 0.1) is 0 Å². The van der Waals surface area contributed by atoms with Crippen molar-refractivity contribution in [3.8, 4) is 0 Å². The van der Waals surface area contributed by atoms with Crippen molar-refractivity contribution >= 4 is 17.7 Å². The van der Waals surface area contributed by atoms with Crippen molar-refractivity contribution in [3.63, 3.8) is 0 Å². The number of carbonyl (C=O) groups is 3. The lowest BCUT2D eigenvalue weighted by Crippen LogP contribution is -2.41. The predicted octanol–water partition coefficient (Wildman–Crippen LogP) is 0.856. The maximum Gasteiger partial charge on any atom is 0.246 e. The van der Waals surface area contributed by atoms with Crippen LogP contribution < -0.4 is 10.6 Å². The number of nitrogens with zero attached hydrogens (tertiary/aromatic N) is 1. The van der Waals surface area contributed by atoms with Crippen molar-refractivity contribution in [2.24, 2.45) is 0 Å². The highest BCUT2D eigenvalue weighted by Crippen LogP contribution is 1.90. The summed E-state index contributed by atoms with van der Waals surface area (Å²) in [4.78, 5) is 35.1. The molecule has 0 rings (SSSR count). The second-order valence-electron chi connectivity index (χ2n) is 3.73. The Bertz CT molecular complexity index is 354. The molecule has 0 fully saturated rings. The molecule has 3 amide bonds. The van der Waals surface area contributed by atoms with E-state index in [4.69, 9.17) is 0 Å². The molecular formula is C15H27N3O3. The fraction of sp³-hybridized carbons (Fsp3) is 0.533. The van der Waals surface area contributed by atoms with Crippen molar-refractivity contribution < 1.29 is 14.4 Å². The Kier molecular flexibility index (Phi) is 14.4. The molecule has 0 aromatic carbocycles. The van der Waals surface area contributed by atoms with E-state index < -0.39 is 0 Å². The Morgan fingerprint density at radius 1 is 1.00 bits per heavy atom. The molecule has 120 valence electrons. The van der Waals surface area contributed by atoms with Gasteiger partial charge in [0.15, 0.2) is 0 Å². The Balaban J connectivity index is 0. The fourth-order valence-corrected chi connectivity index (χ4v) is 1.30. The molecule has 0 aliphatic heterocycles. The minimum atomic E-state index is -0.287. The van der Waals surface area contributed by atoms with Crippen molar-refractivity contribution in [2.45, 2.75) is 27.2 Å². The van der Waals surface area contributed by atoms with Crippen molar-refractivity contribution in [3.05, 3.63) is 25.3 Å².